The van der Waals surface area contributed by atoms with Crippen LogP contribution in [-0.4, -0.2) is 28.7 Å². The van der Waals surface area contributed by atoms with Crippen molar-refractivity contribution in [2.45, 2.75) is 12.5 Å². The molecule has 0 bridgehead atoms. The molecule has 0 aromatic heterocycles. The van der Waals surface area contributed by atoms with E-state index >= 15 is 0 Å². The highest BCUT2D eigenvalue weighted by Gasteiger charge is 2.46. The van der Waals surface area contributed by atoms with Gasteiger partial charge in [-0.15, -0.1) is 0 Å². The van der Waals surface area contributed by atoms with Crippen molar-refractivity contribution in [1.82, 2.24) is 4.90 Å². The summed E-state index contributed by atoms with van der Waals surface area (Å²) in [5.41, 5.74) is 1.55. The van der Waals surface area contributed by atoms with Crippen LogP contribution in [0.2, 0.25) is 0 Å². The van der Waals surface area contributed by atoms with Gasteiger partial charge >= 0.3 is 5.97 Å². The number of imide groups is 1. The van der Waals surface area contributed by atoms with E-state index in [9.17, 15) is 14.4 Å². The Hall–Kier alpha value is -3.21. The normalized spacial score (nSPS) is 21.3. The largest absolute Gasteiger partial charge is 0.429 e. The van der Waals surface area contributed by atoms with E-state index in [4.69, 9.17) is 4.74 Å². The zero-order valence-corrected chi connectivity index (χ0v) is 12.6. The lowest BCUT2D eigenvalue weighted by atomic mass is 10.1. The summed E-state index contributed by atoms with van der Waals surface area (Å²) >= 11 is 0. The third-order valence-corrected chi connectivity index (χ3v) is 4.16. The SMILES string of the molecule is O=C1O/C(=C/c2ccccc2)C[C@@H]1N1C(=O)c2ccccc2C1=O. The minimum Gasteiger partial charge on any atom is -0.429 e. The third-order valence-electron chi connectivity index (χ3n) is 4.16. The summed E-state index contributed by atoms with van der Waals surface area (Å²) in [6, 6.07) is 15.1. The van der Waals surface area contributed by atoms with Gasteiger partial charge in [0.25, 0.3) is 11.8 Å². The van der Waals surface area contributed by atoms with Gasteiger partial charge in [-0.2, -0.15) is 0 Å². The lowest BCUT2D eigenvalue weighted by Gasteiger charge is -2.17. The maximum absolute atomic E-state index is 12.5. The monoisotopic (exact) mass is 319 g/mol. The molecule has 2 aliphatic rings. The first-order valence-electron chi connectivity index (χ1n) is 7.59. The number of rotatable bonds is 2. The molecule has 0 aliphatic carbocycles. The van der Waals surface area contributed by atoms with E-state index in [0.717, 1.165) is 10.5 Å². The Kier molecular flexibility index (Phi) is 3.27. The van der Waals surface area contributed by atoms with E-state index in [1.807, 2.05) is 30.3 Å². The van der Waals surface area contributed by atoms with E-state index < -0.39 is 23.8 Å². The standard InChI is InChI=1S/C19H13NO4/c21-17-14-8-4-5-9-15(14)18(22)20(17)16-11-13(24-19(16)23)10-12-6-2-1-3-7-12/h1-10,16H,11H2/b13-10+/t16-/m0/s1. The molecule has 1 atom stereocenters. The number of hydrogen-bond donors (Lipinski definition) is 0. The van der Waals surface area contributed by atoms with Crippen molar-refractivity contribution in [2.75, 3.05) is 0 Å². The van der Waals surface area contributed by atoms with Crippen molar-refractivity contribution in [3.05, 3.63) is 77.0 Å². The Morgan fingerprint density at radius 3 is 2.08 bits per heavy atom. The second-order valence-electron chi connectivity index (χ2n) is 5.69. The number of fused-ring (bicyclic) bond motifs is 1. The highest BCUT2D eigenvalue weighted by molar-refractivity contribution is 6.22. The molecular formula is C19H13NO4. The molecule has 2 aliphatic heterocycles. The van der Waals surface area contributed by atoms with E-state index in [1.165, 1.54) is 0 Å². The number of amides is 2. The molecule has 1 fully saturated rings. The van der Waals surface area contributed by atoms with Gasteiger partial charge in [-0.1, -0.05) is 42.5 Å². The molecule has 2 aromatic rings. The summed E-state index contributed by atoms with van der Waals surface area (Å²) in [5.74, 6) is -1.02. The number of hydrogen-bond acceptors (Lipinski definition) is 4. The summed E-state index contributed by atoms with van der Waals surface area (Å²) in [5, 5.41) is 0. The van der Waals surface area contributed by atoms with Crippen LogP contribution in [0.5, 0.6) is 0 Å². The van der Waals surface area contributed by atoms with Gasteiger partial charge in [0, 0.05) is 6.42 Å². The van der Waals surface area contributed by atoms with Crippen LogP contribution in [0.1, 0.15) is 32.7 Å². The fraction of sp³-hybridized carbons (Fsp3) is 0.105. The minimum absolute atomic E-state index is 0.194. The van der Waals surface area contributed by atoms with Crippen LogP contribution in [0.4, 0.5) is 0 Å². The summed E-state index contributed by atoms with van der Waals surface area (Å²) in [7, 11) is 0. The minimum atomic E-state index is -0.910. The predicted molar refractivity (Wildman–Crippen MR) is 85.9 cm³/mol. The zero-order chi connectivity index (χ0) is 16.7. The molecule has 1 saturated heterocycles. The highest BCUT2D eigenvalue weighted by Crippen LogP contribution is 2.31. The molecule has 0 saturated carbocycles. The number of esters is 1. The topological polar surface area (TPSA) is 63.7 Å². The number of benzene rings is 2. The van der Waals surface area contributed by atoms with E-state index in [-0.39, 0.29) is 6.42 Å². The lowest BCUT2D eigenvalue weighted by Crippen LogP contribution is -2.42. The fourth-order valence-electron chi connectivity index (χ4n) is 3.02. The first-order chi connectivity index (χ1) is 11.6. The van der Waals surface area contributed by atoms with Crippen LogP contribution >= 0.6 is 0 Å². The zero-order valence-electron chi connectivity index (χ0n) is 12.6. The maximum atomic E-state index is 12.5. The quantitative estimate of drug-likeness (QED) is 0.630. The van der Waals surface area contributed by atoms with Crippen LogP contribution < -0.4 is 0 Å². The average molecular weight is 319 g/mol. The van der Waals surface area contributed by atoms with Gasteiger partial charge < -0.3 is 4.74 Å². The summed E-state index contributed by atoms with van der Waals surface area (Å²) < 4.78 is 5.26. The van der Waals surface area contributed by atoms with E-state index in [0.29, 0.717) is 16.9 Å². The van der Waals surface area contributed by atoms with Crippen LogP contribution in [0.25, 0.3) is 6.08 Å². The van der Waals surface area contributed by atoms with Gasteiger partial charge in [0.1, 0.15) is 11.8 Å². The van der Waals surface area contributed by atoms with Gasteiger partial charge in [-0.25, -0.2) is 4.79 Å². The first-order valence-corrected chi connectivity index (χ1v) is 7.59. The van der Waals surface area contributed by atoms with Gasteiger partial charge in [0.15, 0.2) is 0 Å². The Balaban J connectivity index is 1.62. The molecule has 0 N–H and O–H groups in total. The first kappa shape index (κ1) is 14.4. The molecular weight excluding hydrogens is 306 g/mol. The maximum Gasteiger partial charge on any atom is 0.334 e. The summed E-state index contributed by atoms with van der Waals surface area (Å²) in [4.78, 5) is 38.2. The second-order valence-corrected chi connectivity index (χ2v) is 5.69. The van der Waals surface area contributed by atoms with Crippen molar-refractivity contribution >= 4 is 23.9 Å². The Morgan fingerprint density at radius 2 is 1.46 bits per heavy atom. The van der Waals surface area contributed by atoms with Gasteiger partial charge in [-0.3, -0.25) is 14.5 Å². The molecule has 2 heterocycles. The lowest BCUT2D eigenvalue weighted by molar-refractivity contribution is -0.138. The van der Waals surface area contributed by atoms with Gasteiger partial charge in [0.2, 0.25) is 0 Å². The van der Waals surface area contributed by atoms with Crippen LogP contribution in [0.15, 0.2) is 60.4 Å². The van der Waals surface area contributed by atoms with Crippen molar-refractivity contribution < 1.29 is 19.1 Å². The number of carbonyl (C=O) groups is 3. The fourth-order valence-corrected chi connectivity index (χ4v) is 3.02. The summed E-state index contributed by atoms with van der Waals surface area (Å²) in [6.07, 6.45) is 1.94. The van der Waals surface area contributed by atoms with Crippen molar-refractivity contribution in [2.24, 2.45) is 0 Å². The number of carbonyl (C=O) groups excluding carboxylic acids is 3. The molecule has 4 rings (SSSR count). The smallest absolute Gasteiger partial charge is 0.334 e. The Morgan fingerprint density at radius 1 is 0.875 bits per heavy atom. The third kappa shape index (κ3) is 2.22. The van der Waals surface area contributed by atoms with E-state index in [1.54, 1.807) is 30.3 Å². The van der Waals surface area contributed by atoms with Gasteiger partial charge in [-0.05, 0) is 23.8 Å². The van der Waals surface area contributed by atoms with Crippen molar-refractivity contribution in [3.63, 3.8) is 0 Å². The van der Waals surface area contributed by atoms with Gasteiger partial charge in [0.05, 0.1) is 11.1 Å². The van der Waals surface area contributed by atoms with Crippen molar-refractivity contribution in [1.29, 1.82) is 0 Å². The molecule has 2 amide bonds. The Bertz CT molecular complexity index is 850. The highest BCUT2D eigenvalue weighted by atomic mass is 16.5. The molecule has 5 nitrogen and oxygen atoms in total. The molecule has 0 spiro atoms. The molecule has 5 heteroatoms. The molecule has 118 valence electrons. The molecule has 0 radical (unpaired) electrons. The van der Waals surface area contributed by atoms with Crippen LogP contribution in [0, 0.1) is 0 Å². The van der Waals surface area contributed by atoms with Crippen molar-refractivity contribution in [3.8, 4) is 0 Å². The predicted octanol–water partition coefficient (Wildman–Crippen LogP) is 2.64. The average Bonchev–Trinajstić information content (AvgIpc) is 3.07. The Labute approximate surface area is 138 Å². The molecule has 24 heavy (non-hydrogen) atoms. The number of cyclic esters (lactones) is 1. The van der Waals surface area contributed by atoms with E-state index in [2.05, 4.69) is 0 Å². The number of ether oxygens (including phenoxy) is 1. The second kappa shape index (κ2) is 5.45. The molecule has 2 aromatic carbocycles. The van der Waals surface area contributed by atoms with Crippen LogP contribution in [-0.2, 0) is 9.53 Å². The molecule has 0 unspecified atom stereocenters. The van der Waals surface area contributed by atoms with Crippen LogP contribution in [0.3, 0.4) is 0 Å². The summed E-state index contributed by atoms with van der Waals surface area (Å²) in [6.45, 7) is 0. The number of nitrogens with zero attached hydrogens (tertiary/aromatic N) is 1.